The van der Waals surface area contributed by atoms with E-state index in [1.165, 1.54) is 16.0 Å². The predicted molar refractivity (Wildman–Crippen MR) is 117 cm³/mol. The van der Waals surface area contributed by atoms with E-state index in [4.69, 9.17) is 0 Å². The summed E-state index contributed by atoms with van der Waals surface area (Å²) in [5.74, 6) is -0.209. The summed E-state index contributed by atoms with van der Waals surface area (Å²) in [6.45, 7) is 5.31. The molecule has 1 fully saturated rings. The number of nitrogens with zero attached hydrogens (tertiary/aromatic N) is 2. The average molecular weight is 394 g/mol. The van der Waals surface area contributed by atoms with Crippen LogP contribution >= 0.6 is 0 Å². The first-order valence-electron chi connectivity index (χ1n) is 10.4. The quantitative estimate of drug-likeness (QED) is 0.708. The van der Waals surface area contributed by atoms with Crippen LogP contribution in [-0.2, 0) is 22.6 Å². The highest BCUT2D eigenvalue weighted by atomic mass is 16.2. The van der Waals surface area contributed by atoms with Crippen LogP contribution in [0.2, 0.25) is 0 Å². The first-order chi connectivity index (χ1) is 13.9. The molecule has 2 amide bonds. The van der Waals surface area contributed by atoms with Gasteiger partial charge in [0.2, 0.25) is 11.8 Å². The van der Waals surface area contributed by atoms with Crippen molar-refractivity contribution in [3.05, 3.63) is 65.2 Å². The molecule has 0 spiro atoms. The van der Waals surface area contributed by atoms with Crippen LogP contribution in [0.3, 0.4) is 0 Å². The van der Waals surface area contributed by atoms with Crippen molar-refractivity contribution in [2.24, 2.45) is 0 Å². The third kappa shape index (κ3) is 6.43. The van der Waals surface area contributed by atoms with Crippen molar-refractivity contribution in [3.8, 4) is 0 Å². The molecule has 0 unspecified atom stereocenters. The summed E-state index contributed by atoms with van der Waals surface area (Å²) >= 11 is 0. The summed E-state index contributed by atoms with van der Waals surface area (Å²) in [5, 5.41) is 2.85. The molecule has 29 heavy (non-hydrogen) atoms. The van der Waals surface area contributed by atoms with Gasteiger partial charge in [-0.2, -0.15) is 0 Å². The van der Waals surface area contributed by atoms with Gasteiger partial charge in [-0.05, 0) is 49.4 Å². The summed E-state index contributed by atoms with van der Waals surface area (Å²) in [4.78, 5) is 28.7. The first kappa shape index (κ1) is 21.1. The molecule has 0 aliphatic heterocycles. The summed E-state index contributed by atoms with van der Waals surface area (Å²) in [6.07, 6.45) is 3.30. The lowest BCUT2D eigenvalue weighted by molar-refractivity contribution is -0.134. The zero-order valence-electron chi connectivity index (χ0n) is 17.6. The summed E-state index contributed by atoms with van der Waals surface area (Å²) in [6, 6.07) is 16.7. The van der Waals surface area contributed by atoms with Crippen LogP contribution in [0.5, 0.6) is 0 Å². The number of hydrogen-bond acceptors (Lipinski definition) is 3. The molecule has 0 bridgehead atoms. The Hall–Kier alpha value is -2.66. The van der Waals surface area contributed by atoms with Crippen LogP contribution in [0.25, 0.3) is 0 Å². The number of amides is 2. The first-order valence-corrected chi connectivity index (χ1v) is 10.4. The van der Waals surface area contributed by atoms with Gasteiger partial charge in [-0.25, -0.2) is 0 Å². The highest BCUT2D eigenvalue weighted by molar-refractivity contribution is 5.94. The van der Waals surface area contributed by atoms with E-state index in [-0.39, 0.29) is 18.4 Å². The Balaban J connectivity index is 1.51. The molecule has 5 heteroatoms. The fourth-order valence-electron chi connectivity index (χ4n) is 3.30. The van der Waals surface area contributed by atoms with Crippen molar-refractivity contribution in [2.45, 2.75) is 45.7 Å². The number of likely N-dealkylation sites (N-methyl/N-ethyl adjacent to an activating group) is 1. The lowest BCUT2D eigenvalue weighted by Crippen LogP contribution is -2.42. The van der Waals surface area contributed by atoms with Gasteiger partial charge < -0.3 is 10.2 Å². The molecule has 1 saturated carbocycles. The van der Waals surface area contributed by atoms with Crippen LogP contribution in [0.15, 0.2) is 48.5 Å². The molecule has 2 aromatic carbocycles. The second-order valence-corrected chi connectivity index (χ2v) is 7.97. The molecule has 1 aliphatic carbocycles. The largest absolute Gasteiger partial charge is 0.335 e. The second kappa shape index (κ2) is 9.70. The molecule has 0 heterocycles. The summed E-state index contributed by atoms with van der Waals surface area (Å²) in [5.41, 5.74) is 4.43. The minimum Gasteiger partial charge on any atom is -0.335 e. The molecular formula is C24H31N3O2. The van der Waals surface area contributed by atoms with Crippen molar-refractivity contribution in [3.63, 3.8) is 0 Å². The second-order valence-electron chi connectivity index (χ2n) is 7.97. The normalized spacial score (nSPS) is 13.4. The molecule has 1 N–H and O–H groups in total. The van der Waals surface area contributed by atoms with Gasteiger partial charge in [-0.1, -0.05) is 48.9 Å². The molecule has 5 nitrogen and oxygen atoms in total. The Labute approximate surface area is 173 Å². The Kier molecular flexibility index (Phi) is 7.04. The van der Waals surface area contributed by atoms with Gasteiger partial charge in [-0.3, -0.25) is 14.5 Å². The molecule has 0 radical (unpaired) electrons. The van der Waals surface area contributed by atoms with Crippen molar-refractivity contribution in [1.82, 2.24) is 9.80 Å². The van der Waals surface area contributed by atoms with Crippen molar-refractivity contribution in [1.29, 1.82) is 0 Å². The van der Waals surface area contributed by atoms with Crippen molar-refractivity contribution >= 4 is 17.5 Å². The number of carbonyl (C=O) groups is 2. The van der Waals surface area contributed by atoms with E-state index in [0.717, 1.165) is 37.1 Å². The Morgan fingerprint density at radius 1 is 0.966 bits per heavy atom. The van der Waals surface area contributed by atoms with E-state index in [1.807, 2.05) is 31.2 Å². The number of aryl methyl sites for hydroxylation is 2. The van der Waals surface area contributed by atoms with E-state index in [0.29, 0.717) is 12.6 Å². The molecule has 0 atom stereocenters. The fraction of sp³-hybridized carbons (Fsp3) is 0.417. The highest BCUT2D eigenvalue weighted by Gasteiger charge is 2.31. The molecular weight excluding hydrogens is 362 g/mol. The third-order valence-corrected chi connectivity index (χ3v) is 5.36. The van der Waals surface area contributed by atoms with E-state index in [2.05, 4.69) is 41.4 Å². The maximum Gasteiger partial charge on any atom is 0.243 e. The zero-order chi connectivity index (χ0) is 20.8. The minimum absolute atomic E-state index is 0.0267. The lowest BCUT2D eigenvalue weighted by Gasteiger charge is -2.25. The molecule has 0 aromatic heterocycles. The van der Waals surface area contributed by atoms with Gasteiger partial charge in [0.25, 0.3) is 0 Å². The van der Waals surface area contributed by atoms with E-state index < -0.39 is 0 Å². The van der Waals surface area contributed by atoms with Gasteiger partial charge >= 0.3 is 0 Å². The maximum absolute atomic E-state index is 12.7. The molecule has 3 rings (SSSR count). The molecule has 154 valence electrons. The number of nitrogens with one attached hydrogen (secondary N) is 1. The van der Waals surface area contributed by atoms with Crippen molar-refractivity contribution < 1.29 is 9.59 Å². The molecule has 1 aliphatic rings. The topological polar surface area (TPSA) is 52.7 Å². The smallest absolute Gasteiger partial charge is 0.243 e. The van der Waals surface area contributed by atoms with Crippen LogP contribution < -0.4 is 5.32 Å². The van der Waals surface area contributed by atoms with Crippen LogP contribution in [0.4, 0.5) is 5.69 Å². The number of hydrogen-bond donors (Lipinski definition) is 1. The molecule has 0 saturated heterocycles. The average Bonchev–Trinajstić information content (AvgIpc) is 3.55. The van der Waals surface area contributed by atoms with E-state index >= 15 is 0 Å². The van der Waals surface area contributed by atoms with Gasteiger partial charge in [0, 0.05) is 25.3 Å². The zero-order valence-corrected chi connectivity index (χ0v) is 17.6. The fourth-order valence-corrected chi connectivity index (χ4v) is 3.30. The van der Waals surface area contributed by atoms with Gasteiger partial charge in [0.05, 0.1) is 13.1 Å². The standard InChI is InChI=1S/C24H31N3O2/c1-4-19-7-9-20(10-8-19)15-27(22-13-14-22)17-24(29)26(3)16-23(28)25-21-11-5-18(2)6-12-21/h5-12,22H,4,13-17H2,1-3H3,(H,25,28). The van der Waals surface area contributed by atoms with Gasteiger partial charge in [0.1, 0.15) is 0 Å². The molecule has 2 aromatic rings. The van der Waals surface area contributed by atoms with E-state index in [9.17, 15) is 9.59 Å². The number of carbonyl (C=O) groups excluding carboxylic acids is 2. The number of anilines is 1. The van der Waals surface area contributed by atoms with Gasteiger partial charge in [-0.15, -0.1) is 0 Å². The van der Waals surface area contributed by atoms with Crippen LogP contribution in [0, 0.1) is 6.92 Å². The van der Waals surface area contributed by atoms with E-state index in [1.54, 1.807) is 7.05 Å². The Morgan fingerprint density at radius 3 is 2.17 bits per heavy atom. The van der Waals surface area contributed by atoms with Crippen LogP contribution in [0.1, 0.15) is 36.5 Å². The lowest BCUT2D eigenvalue weighted by atomic mass is 10.1. The summed E-state index contributed by atoms with van der Waals surface area (Å²) in [7, 11) is 1.69. The monoisotopic (exact) mass is 393 g/mol. The third-order valence-electron chi connectivity index (χ3n) is 5.36. The highest BCUT2D eigenvalue weighted by Crippen LogP contribution is 2.28. The number of benzene rings is 2. The predicted octanol–water partition coefficient (Wildman–Crippen LogP) is 3.62. The Morgan fingerprint density at radius 2 is 1.59 bits per heavy atom. The Bertz CT molecular complexity index is 826. The van der Waals surface area contributed by atoms with Gasteiger partial charge in [0.15, 0.2) is 0 Å². The van der Waals surface area contributed by atoms with Crippen molar-refractivity contribution in [2.75, 3.05) is 25.5 Å². The SMILES string of the molecule is CCc1ccc(CN(CC(=O)N(C)CC(=O)Nc2ccc(C)cc2)C2CC2)cc1. The maximum atomic E-state index is 12.7. The summed E-state index contributed by atoms with van der Waals surface area (Å²) < 4.78 is 0. The number of rotatable bonds is 9. The minimum atomic E-state index is -0.183. The van der Waals surface area contributed by atoms with Crippen LogP contribution in [-0.4, -0.2) is 47.8 Å².